The Kier molecular flexibility index (Phi) is 5.26. The van der Waals surface area contributed by atoms with E-state index in [1.165, 1.54) is 5.56 Å². The molecule has 0 unspecified atom stereocenters. The van der Waals surface area contributed by atoms with Gasteiger partial charge in [-0.1, -0.05) is 54.1 Å². The van der Waals surface area contributed by atoms with E-state index >= 15 is 0 Å². The smallest absolute Gasteiger partial charge is 0.255 e. The molecule has 0 radical (unpaired) electrons. The minimum absolute atomic E-state index is 0.00410. The van der Waals surface area contributed by atoms with Crippen molar-refractivity contribution in [1.82, 2.24) is 14.8 Å². The molecular weight excluding hydrogens is 410 g/mol. The predicted molar refractivity (Wildman–Crippen MR) is 120 cm³/mol. The minimum atomic E-state index is -0.188. The Hall–Kier alpha value is -2.73. The molecule has 2 aliphatic heterocycles. The fourth-order valence-corrected chi connectivity index (χ4v) is 5.36. The Bertz CT molecular complexity index is 1050. The number of hydrogen-bond donors (Lipinski definition) is 1. The summed E-state index contributed by atoms with van der Waals surface area (Å²) in [6.07, 6.45) is 3.29. The Morgan fingerprint density at radius 3 is 2.45 bits per heavy atom. The van der Waals surface area contributed by atoms with Crippen LogP contribution in [0.5, 0.6) is 0 Å². The summed E-state index contributed by atoms with van der Waals surface area (Å²) in [4.78, 5) is 21.3. The molecule has 2 aromatic carbocycles. The molecule has 3 aromatic rings. The van der Waals surface area contributed by atoms with Gasteiger partial charge in [0.15, 0.2) is 0 Å². The Morgan fingerprint density at radius 1 is 1.06 bits per heavy atom. The van der Waals surface area contributed by atoms with Gasteiger partial charge in [-0.3, -0.25) is 14.7 Å². The van der Waals surface area contributed by atoms with Crippen molar-refractivity contribution in [2.75, 3.05) is 19.7 Å². The van der Waals surface area contributed by atoms with E-state index in [0.29, 0.717) is 30.2 Å². The van der Waals surface area contributed by atoms with Gasteiger partial charge in [-0.05, 0) is 35.4 Å². The van der Waals surface area contributed by atoms with Crippen LogP contribution in [0.1, 0.15) is 27.4 Å². The van der Waals surface area contributed by atoms with E-state index in [9.17, 15) is 9.90 Å². The molecule has 2 aliphatic rings. The molecule has 158 valence electrons. The molecule has 0 bridgehead atoms. The highest BCUT2D eigenvalue weighted by Crippen LogP contribution is 2.54. The average Bonchev–Trinajstić information content (AvgIpc) is 2.78. The molecule has 5 rings (SSSR count). The number of rotatable bonds is 5. The van der Waals surface area contributed by atoms with Crippen molar-refractivity contribution < 1.29 is 9.90 Å². The number of amides is 1. The first-order chi connectivity index (χ1) is 15.1. The van der Waals surface area contributed by atoms with E-state index < -0.39 is 0 Å². The lowest BCUT2D eigenvalue weighted by molar-refractivity contribution is -0.184. The van der Waals surface area contributed by atoms with Crippen molar-refractivity contribution in [3.8, 4) is 0 Å². The standard InChI is InChI=1S/C25H24ClN3O2/c26-21-10-8-18(9-11-21)14-29-22(15-30)23(19-5-2-1-3-6-19)25(29)16-28(17-25)24(31)20-7-4-12-27-13-20/h1-13,22-23,30H,14-17H2/t22-,23+/m0/s1. The number of carbonyl (C=O) groups is 1. The first-order valence-corrected chi connectivity index (χ1v) is 10.9. The molecule has 2 fully saturated rings. The van der Waals surface area contributed by atoms with Gasteiger partial charge in [-0.25, -0.2) is 0 Å². The fraction of sp³-hybridized carbons (Fsp3) is 0.280. The van der Waals surface area contributed by atoms with Crippen molar-refractivity contribution in [1.29, 1.82) is 0 Å². The third kappa shape index (κ3) is 3.43. The molecule has 6 heteroatoms. The zero-order chi connectivity index (χ0) is 21.4. The van der Waals surface area contributed by atoms with E-state index in [1.54, 1.807) is 24.5 Å². The van der Waals surface area contributed by atoms with E-state index in [-0.39, 0.29) is 30.0 Å². The number of aliphatic hydroxyl groups is 1. The van der Waals surface area contributed by atoms with Crippen LogP contribution in [0, 0.1) is 0 Å². The summed E-state index contributed by atoms with van der Waals surface area (Å²) in [5.41, 5.74) is 2.77. The predicted octanol–water partition coefficient (Wildman–Crippen LogP) is 3.59. The molecule has 5 nitrogen and oxygen atoms in total. The molecule has 1 amide bonds. The first kappa shape index (κ1) is 20.2. The second kappa shape index (κ2) is 8.08. The summed E-state index contributed by atoms with van der Waals surface area (Å²) >= 11 is 6.06. The summed E-state index contributed by atoms with van der Waals surface area (Å²) in [6.45, 7) is 2.04. The third-order valence-electron chi connectivity index (χ3n) is 6.67. The maximum absolute atomic E-state index is 13.0. The van der Waals surface area contributed by atoms with Crippen LogP contribution < -0.4 is 0 Å². The molecule has 0 aliphatic carbocycles. The fourth-order valence-electron chi connectivity index (χ4n) is 5.23. The van der Waals surface area contributed by atoms with Gasteiger partial charge < -0.3 is 10.0 Å². The van der Waals surface area contributed by atoms with Gasteiger partial charge in [0.1, 0.15) is 0 Å². The largest absolute Gasteiger partial charge is 0.395 e. The summed E-state index contributed by atoms with van der Waals surface area (Å²) < 4.78 is 0. The van der Waals surface area contributed by atoms with Crippen LogP contribution in [0.3, 0.4) is 0 Å². The molecular formula is C25H24ClN3O2. The summed E-state index contributed by atoms with van der Waals surface area (Å²) in [6, 6.07) is 21.8. The van der Waals surface area contributed by atoms with Crippen molar-refractivity contribution in [2.24, 2.45) is 0 Å². The average molecular weight is 434 g/mol. The zero-order valence-electron chi connectivity index (χ0n) is 17.1. The first-order valence-electron chi connectivity index (χ1n) is 10.5. The second-order valence-electron chi connectivity index (χ2n) is 8.40. The molecule has 31 heavy (non-hydrogen) atoms. The minimum Gasteiger partial charge on any atom is -0.395 e. The van der Waals surface area contributed by atoms with Crippen molar-refractivity contribution >= 4 is 17.5 Å². The maximum atomic E-state index is 13.0. The van der Waals surface area contributed by atoms with Crippen LogP contribution in [0.25, 0.3) is 0 Å². The highest BCUT2D eigenvalue weighted by atomic mass is 35.5. The zero-order valence-corrected chi connectivity index (χ0v) is 17.8. The van der Waals surface area contributed by atoms with Gasteiger partial charge in [0.2, 0.25) is 0 Å². The van der Waals surface area contributed by atoms with Crippen LogP contribution in [-0.2, 0) is 6.54 Å². The lowest BCUT2D eigenvalue weighted by atomic mass is 9.60. The quantitative estimate of drug-likeness (QED) is 0.668. The van der Waals surface area contributed by atoms with E-state index in [4.69, 9.17) is 11.6 Å². The molecule has 1 N–H and O–H groups in total. The van der Waals surface area contributed by atoms with Gasteiger partial charge >= 0.3 is 0 Å². The normalized spacial score (nSPS) is 22.1. The number of likely N-dealkylation sites (tertiary alicyclic amines) is 2. The molecule has 0 saturated carbocycles. The van der Waals surface area contributed by atoms with Gasteiger partial charge in [-0.2, -0.15) is 0 Å². The van der Waals surface area contributed by atoms with Crippen LogP contribution in [0.4, 0.5) is 0 Å². The molecule has 2 saturated heterocycles. The Morgan fingerprint density at radius 2 is 1.81 bits per heavy atom. The maximum Gasteiger partial charge on any atom is 0.255 e. The van der Waals surface area contributed by atoms with E-state index in [2.05, 4.69) is 22.0 Å². The topological polar surface area (TPSA) is 56.7 Å². The molecule has 1 aromatic heterocycles. The number of aromatic nitrogens is 1. The van der Waals surface area contributed by atoms with Crippen LogP contribution in [0.2, 0.25) is 5.02 Å². The molecule has 1 spiro atoms. The van der Waals surface area contributed by atoms with Crippen molar-refractivity contribution in [3.05, 3.63) is 101 Å². The van der Waals surface area contributed by atoms with Gasteiger partial charge in [-0.15, -0.1) is 0 Å². The van der Waals surface area contributed by atoms with E-state index in [0.717, 1.165) is 5.56 Å². The van der Waals surface area contributed by atoms with Crippen LogP contribution in [-0.4, -0.2) is 57.1 Å². The lowest BCUT2D eigenvalue weighted by Gasteiger charge is -2.70. The second-order valence-corrected chi connectivity index (χ2v) is 8.84. The van der Waals surface area contributed by atoms with E-state index in [1.807, 2.05) is 47.4 Å². The van der Waals surface area contributed by atoms with Gasteiger partial charge in [0.25, 0.3) is 5.91 Å². The lowest BCUT2D eigenvalue weighted by Crippen LogP contribution is -2.84. The van der Waals surface area contributed by atoms with Crippen molar-refractivity contribution in [2.45, 2.75) is 24.0 Å². The highest BCUT2D eigenvalue weighted by molar-refractivity contribution is 6.30. The number of benzene rings is 2. The number of pyridine rings is 1. The number of aliphatic hydroxyl groups excluding tert-OH is 1. The monoisotopic (exact) mass is 433 g/mol. The van der Waals surface area contributed by atoms with Gasteiger partial charge in [0, 0.05) is 49.0 Å². The number of nitrogens with zero attached hydrogens (tertiary/aromatic N) is 3. The van der Waals surface area contributed by atoms with Gasteiger partial charge in [0.05, 0.1) is 17.7 Å². The summed E-state index contributed by atoms with van der Waals surface area (Å²) in [7, 11) is 0. The van der Waals surface area contributed by atoms with Crippen LogP contribution in [0.15, 0.2) is 79.1 Å². The molecule has 3 heterocycles. The molecule has 2 atom stereocenters. The summed E-state index contributed by atoms with van der Waals surface area (Å²) in [5, 5.41) is 11.0. The number of hydrogen-bond acceptors (Lipinski definition) is 4. The summed E-state index contributed by atoms with van der Waals surface area (Å²) in [5.74, 6) is 0.174. The highest BCUT2D eigenvalue weighted by Gasteiger charge is 2.66. The number of halogens is 1. The third-order valence-corrected chi connectivity index (χ3v) is 6.92. The van der Waals surface area contributed by atoms with Crippen molar-refractivity contribution in [3.63, 3.8) is 0 Å². The van der Waals surface area contributed by atoms with Crippen LogP contribution >= 0.6 is 11.6 Å². The number of carbonyl (C=O) groups excluding carboxylic acids is 1. The SMILES string of the molecule is O=C(c1cccnc1)N1CC2(C1)[C@H](c1ccccc1)[C@H](CO)N2Cc1ccc(Cl)cc1. The Labute approximate surface area is 186 Å². The Balaban J connectivity index is 1.43.